The lowest BCUT2D eigenvalue weighted by Crippen LogP contribution is -2.11. The molecule has 0 atom stereocenters. The molecule has 0 saturated heterocycles. The zero-order chi connectivity index (χ0) is 11.3. The van der Waals surface area contributed by atoms with Crippen molar-refractivity contribution in [3.63, 3.8) is 0 Å². The molecule has 0 spiro atoms. The van der Waals surface area contributed by atoms with Crippen LogP contribution in [0.2, 0.25) is 0 Å². The molecule has 0 bridgehead atoms. The molecule has 0 fully saturated rings. The van der Waals surface area contributed by atoms with Crippen LogP contribution in [0.3, 0.4) is 0 Å². The molecule has 3 heteroatoms. The summed E-state index contributed by atoms with van der Waals surface area (Å²) in [6.45, 7) is 1.04. The first-order chi connectivity index (χ1) is 7.17. The summed E-state index contributed by atoms with van der Waals surface area (Å²) in [4.78, 5) is 2.10. The van der Waals surface area contributed by atoms with E-state index in [1.165, 1.54) is 5.56 Å². The van der Waals surface area contributed by atoms with Gasteiger partial charge in [-0.25, -0.2) is 0 Å². The van der Waals surface area contributed by atoms with Gasteiger partial charge < -0.3 is 14.7 Å². The average molecular weight is 209 g/mol. The van der Waals surface area contributed by atoms with Crippen molar-refractivity contribution in [3.05, 3.63) is 29.3 Å². The van der Waals surface area contributed by atoms with Gasteiger partial charge in [-0.15, -0.1) is 0 Å². The molecule has 0 radical (unpaired) electrons. The molecular formula is C12H19NO2. The van der Waals surface area contributed by atoms with Crippen molar-refractivity contribution >= 4 is 0 Å². The standard InChI is InChI=1S/C12H19NO2/c1-13(2)9-11-5-4-10(6-7-14)8-12(11)15-3/h4-5,8,14H,6-7,9H2,1-3H3. The Bertz CT molecular complexity index is 310. The van der Waals surface area contributed by atoms with Crippen LogP contribution in [0.25, 0.3) is 0 Å². The van der Waals surface area contributed by atoms with E-state index in [0.29, 0.717) is 6.42 Å². The molecule has 15 heavy (non-hydrogen) atoms. The van der Waals surface area contributed by atoms with Gasteiger partial charge in [0.25, 0.3) is 0 Å². The number of ether oxygens (including phenoxy) is 1. The van der Waals surface area contributed by atoms with E-state index in [9.17, 15) is 0 Å². The fourth-order valence-electron chi connectivity index (χ4n) is 1.54. The molecule has 1 aromatic rings. The van der Waals surface area contributed by atoms with E-state index >= 15 is 0 Å². The van der Waals surface area contributed by atoms with E-state index < -0.39 is 0 Å². The van der Waals surface area contributed by atoms with E-state index in [1.54, 1.807) is 7.11 Å². The van der Waals surface area contributed by atoms with Gasteiger partial charge in [-0.1, -0.05) is 12.1 Å². The van der Waals surface area contributed by atoms with Crippen molar-refractivity contribution in [2.24, 2.45) is 0 Å². The lowest BCUT2D eigenvalue weighted by Gasteiger charge is -2.14. The van der Waals surface area contributed by atoms with Crippen LogP contribution in [0.1, 0.15) is 11.1 Å². The summed E-state index contributed by atoms with van der Waals surface area (Å²) in [5, 5.41) is 8.85. The van der Waals surface area contributed by atoms with E-state index in [0.717, 1.165) is 17.9 Å². The Balaban J connectivity index is 2.88. The summed E-state index contributed by atoms with van der Waals surface area (Å²) >= 11 is 0. The highest BCUT2D eigenvalue weighted by Crippen LogP contribution is 2.21. The van der Waals surface area contributed by atoms with Crippen LogP contribution >= 0.6 is 0 Å². The molecule has 0 unspecified atom stereocenters. The number of aliphatic hydroxyl groups excluding tert-OH is 1. The number of rotatable bonds is 5. The predicted octanol–water partition coefficient (Wildman–Crippen LogP) is 1.29. The summed E-state index contributed by atoms with van der Waals surface area (Å²) in [5.41, 5.74) is 2.28. The van der Waals surface area contributed by atoms with E-state index in [1.807, 2.05) is 26.2 Å². The fraction of sp³-hybridized carbons (Fsp3) is 0.500. The molecule has 0 aromatic heterocycles. The highest BCUT2D eigenvalue weighted by atomic mass is 16.5. The largest absolute Gasteiger partial charge is 0.496 e. The second-order valence-corrected chi connectivity index (χ2v) is 3.86. The van der Waals surface area contributed by atoms with Gasteiger partial charge in [-0.05, 0) is 32.1 Å². The first-order valence-corrected chi connectivity index (χ1v) is 5.08. The minimum absolute atomic E-state index is 0.177. The number of methoxy groups -OCH3 is 1. The first-order valence-electron chi connectivity index (χ1n) is 5.08. The summed E-state index contributed by atoms with van der Waals surface area (Å²) in [7, 11) is 5.74. The highest BCUT2D eigenvalue weighted by molar-refractivity contribution is 5.37. The van der Waals surface area contributed by atoms with E-state index in [2.05, 4.69) is 11.0 Å². The Morgan fingerprint density at radius 2 is 2.07 bits per heavy atom. The smallest absolute Gasteiger partial charge is 0.123 e. The summed E-state index contributed by atoms with van der Waals surface area (Å²) < 4.78 is 5.32. The van der Waals surface area contributed by atoms with Crippen molar-refractivity contribution in [2.75, 3.05) is 27.8 Å². The van der Waals surface area contributed by atoms with Crippen molar-refractivity contribution in [1.29, 1.82) is 0 Å². The Labute approximate surface area is 91.3 Å². The third-order valence-corrected chi connectivity index (χ3v) is 2.24. The van der Waals surface area contributed by atoms with E-state index in [-0.39, 0.29) is 6.61 Å². The number of hydrogen-bond donors (Lipinski definition) is 1. The van der Waals surface area contributed by atoms with Crippen molar-refractivity contribution < 1.29 is 9.84 Å². The van der Waals surface area contributed by atoms with Crippen LogP contribution in [0.5, 0.6) is 5.75 Å². The third kappa shape index (κ3) is 3.53. The van der Waals surface area contributed by atoms with Gasteiger partial charge in [0.15, 0.2) is 0 Å². The molecule has 0 saturated carbocycles. The van der Waals surface area contributed by atoms with Crippen molar-refractivity contribution in [2.45, 2.75) is 13.0 Å². The van der Waals surface area contributed by atoms with Crippen LogP contribution < -0.4 is 4.74 Å². The zero-order valence-electron chi connectivity index (χ0n) is 9.66. The fourth-order valence-corrected chi connectivity index (χ4v) is 1.54. The number of aliphatic hydroxyl groups is 1. The molecule has 3 nitrogen and oxygen atoms in total. The van der Waals surface area contributed by atoms with Gasteiger partial charge in [0.1, 0.15) is 5.75 Å². The van der Waals surface area contributed by atoms with E-state index in [4.69, 9.17) is 9.84 Å². The molecule has 1 aromatic carbocycles. The SMILES string of the molecule is COc1cc(CCO)ccc1CN(C)C. The predicted molar refractivity (Wildman–Crippen MR) is 61.2 cm³/mol. The Hall–Kier alpha value is -1.06. The van der Waals surface area contributed by atoms with Gasteiger partial charge in [0, 0.05) is 18.7 Å². The third-order valence-electron chi connectivity index (χ3n) is 2.24. The van der Waals surface area contributed by atoms with Crippen LogP contribution in [0, 0.1) is 0 Å². The minimum atomic E-state index is 0.177. The van der Waals surface area contributed by atoms with Gasteiger partial charge >= 0.3 is 0 Å². The highest BCUT2D eigenvalue weighted by Gasteiger charge is 2.05. The normalized spacial score (nSPS) is 10.7. The molecular weight excluding hydrogens is 190 g/mol. The van der Waals surface area contributed by atoms with Gasteiger partial charge in [0.2, 0.25) is 0 Å². The molecule has 0 aliphatic carbocycles. The monoisotopic (exact) mass is 209 g/mol. The zero-order valence-corrected chi connectivity index (χ0v) is 9.66. The van der Waals surface area contributed by atoms with Crippen LogP contribution in [0.4, 0.5) is 0 Å². The molecule has 0 aliphatic rings. The molecule has 0 amide bonds. The van der Waals surface area contributed by atoms with Crippen molar-refractivity contribution in [3.8, 4) is 5.75 Å². The maximum Gasteiger partial charge on any atom is 0.123 e. The second-order valence-electron chi connectivity index (χ2n) is 3.86. The Kier molecular flexibility index (Phi) is 4.59. The van der Waals surface area contributed by atoms with Gasteiger partial charge in [-0.2, -0.15) is 0 Å². The molecule has 0 heterocycles. The second kappa shape index (κ2) is 5.73. The Morgan fingerprint density at radius 3 is 2.60 bits per heavy atom. The molecule has 1 rings (SSSR count). The Morgan fingerprint density at radius 1 is 1.33 bits per heavy atom. The lowest BCUT2D eigenvalue weighted by atomic mass is 10.1. The average Bonchev–Trinajstić information content (AvgIpc) is 2.20. The number of nitrogens with zero attached hydrogens (tertiary/aromatic N) is 1. The minimum Gasteiger partial charge on any atom is -0.496 e. The first kappa shape index (κ1) is 12.0. The molecule has 1 N–H and O–H groups in total. The summed E-state index contributed by atoms with van der Waals surface area (Å²) in [6.07, 6.45) is 0.679. The maximum atomic E-state index is 8.85. The summed E-state index contributed by atoms with van der Waals surface area (Å²) in [6, 6.07) is 6.09. The number of benzene rings is 1. The molecule has 0 aliphatic heterocycles. The quantitative estimate of drug-likeness (QED) is 0.793. The van der Waals surface area contributed by atoms with Crippen LogP contribution in [0.15, 0.2) is 18.2 Å². The van der Waals surface area contributed by atoms with Crippen LogP contribution in [-0.4, -0.2) is 37.8 Å². The number of hydrogen-bond acceptors (Lipinski definition) is 3. The molecule has 84 valence electrons. The summed E-state index contributed by atoms with van der Waals surface area (Å²) in [5.74, 6) is 0.898. The van der Waals surface area contributed by atoms with Crippen LogP contribution in [-0.2, 0) is 13.0 Å². The van der Waals surface area contributed by atoms with Gasteiger partial charge in [0.05, 0.1) is 7.11 Å². The van der Waals surface area contributed by atoms with Gasteiger partial charge in [-0.3, -0.25) is 0 Å². The lowest BCUT2D eigenvalue weighted by molar-refractivity contribution is 0.299. The van der Waals surface area contributed by atoms with Crippen molar-refractivity contribution in [1.82, 2.24) is 4.90 Å². The topological polar surface area (TPSA) is 32.7 Å². The maximum absolute atomic E-state index is 8.85.